The number of amidine groups is 1. The molecule has 3 amide bonds. The van der Waals surface area contributed by atoms with Crippen molar-refractivity contribution in [1.29, 1.82) is 0 Å². The second kappa shape index (κ2) is 9.10. The number of carboxylic acids is 1. The summed E-state index contributed by atoms with van der Waals surface area (Å²) >= 11 is 1.31. The quantitative estimate of drug-likeness (QED) is 0.235. The van der Waals surface area contributed by atoms with E-state index >= 15 is 0 Å². The molecule has 5 N–H and O–H groups in total. The van der Waals surface area contributed by atoms with Gasteiger partial charge in [-0.25, -0.2) is 4.79 Å². The Labute approximate surface area is 205 Å². The normalized spacial score (nSPS) is 23.7. The summed E-state index contributed by atoms with van der Waals surface area (Å²) in [7, 11) is 0. The van der Waals surface area contributed by atoms with Crippen molar-refractivity contribution >= 4 is 41.3 Å². The zero-order valence-corrected chi connectivity index (χ0v) is 19.9. The van der Waals surface area contributed by atoms with Crippen LogP contribution in [0.2, 0.25) is 0 Å². The van der Waals surface area contributed by atoms with Crippen molar-refractivity contribution in [2.24, 2.45) is 10.7 Å². The number of nitrogens with one attached hydrogen (secondary N) is 2. The number of hydrogen-bond acceptors (Lipinski definition) is 7. The van der Waals surface area contributed by atoms with E-state index in [1.54, 1.807) is 56.3 Å². The number of rotatable bonds is 8. The minimum Gasteiger partial charge on any atom is -0.478 e. The first-order valence-electron chi connectivity index (χ1n) is 10.8. The van der Waals surface area contributed by atoms with Crippen molar-refractivity contribution in [2.45, 2.75) is 42.1 Å². The third-order valence-corrected chi connectivity index (χ3v) is 7.58. The van der Waals surface area contributed by atoms with Gasteiger partial charge in [-0.05, 0) is 31.5 Å². The number of fused-ring (bicyclic) bond motifs is 1. The maximum Gasteiger partial charge on any atom is 0.352 e. The van der Waals surface area contributed by atoms with E-state index in [2.05, 4.69) is 15.6 Å². The lowest BCUT2D eigenvalue weighted by molar-refractivity contribution is -0.173. The zero-order chi connectivity index (χ0) is 25.4. The van der Waals surface area contributed by atoms with Crippen LogP contribution >= 0.6 is 11.8 Å². The molecule has 1 aromatic carbocycles. The highest BCUT2D eigenvalue weighted by molar-refractivity contribution is 8.01. The average Bonchev–Trinajstić information content (AvgIpc) is 3.40. The van der Waals surface area contributed by atoms with Crippen molar-refractivity contribution in [1.82, 2.24) is 15.5 Å². The molecule has 2 aliphatic rings. The molecule has 35 heavy (non-hydrogen) atoms. The topological polar surface area (TPSA) is 167 Å². The highest BCUT2D eigenvalue weighted by Gasteiger charge is 2.70. The largest absolute Gasteiger partial charge is 0.478 e. The standard InChI is InChI=1S/C23H25N5O6S/c1-22(2)23(21(32)33,28-16(30)11-17(28)35-22)27-20(31)18(13-7-4-3-5-8-13)26-15(29)12-25-19(24)14-9-6-10-34-14/h3-10,17-18H,11-12H2,1-2H3,(H2,24,25)(H,26,29)(H,27,31)(H,32,33)/t17-,18?,23+/m1/s1. The van der Waals surface area contributed by atoms with Gasteiger partial charge in [-0.3, -0.25) is 24.3 Å². The molecule has 1 unspecified atom stereocenters. The summed E-state index contributed by atoms with van der Waals surface area (Å²) in [5, 5.41) is 15.0. The Bertz CT molecular complexity index is 1180. The predicted octanol–water partition coefficient (Wildman–Crippen LogP) is 0.823. The summed E-state index contributed by atoms with van der Waals surface area (Å²) in [6.45, 7) is 2.95. The molecule has 1 aromatic heterocycles. The van der Waals surface area contributed by atoms with Crippen LogP contribution in [-0.4, -0.2) is 61.9 Å². The highest BCUT2D eigenvalue weighted by atomic mass is 32.2. The summed E-state index contributed by atoms with van der Waals surface area (Å²) in [4.78, 5) is 56.3. The monoisotopic (exact) mass is 499 g/mol. The molecule has 3 heterocycles. The molecule has 0 spiro atoms. The lowest BCUT2D eigenvalue weighted by Gasteiger charge is -2.46. The fourth-order valence-corrected chi connectivity index (χ4v) is 5.98. The first-order valence-corrected chi connectivity index (χ1v) is 11.7. The number of thioether (sulfide) groups is 1. The summed E-state index contributed by atoms with van der Waals surface area (Å²) in [6.07, 6.45) is 1.62. The third-order valence-electron chi connectivity index (χ3n) is 6.05. The van der Waals surface area contributed by atoms with Crippen LogP contribution in [0, 0.1) is 0 Å². The van der Waals surface area contributed by atoms with Crippen molar-refractivity contribution < 1.29 is 28.7 Å². The average molecular weight is 500 g/mol. The Hall–Kier alpha value is -3.80. The van der Waals surface area contributed by atoms with Crippen LogP contribution < -0.4 is 16.4 Å². The Morgan fingerprint density at radius 3 is 2.57 bits per heavy atom. The van der Waals surface area contributed by atoms with Gasteiger partial charge in [0, 0.05) is 0 Å². The molecule has 11 nitrogen and oxygen atoms in total. The number of β-lactam (4-membered cyclic amide) rings is 1. The summed E-state index contributed by atoms with van der Waals surface area (Å²) in [6, 6.07) is 10.4. The molecule has 0 saturated carbocycles. The number of nitrogens with two attached hydrogens (primary N) is 1. The van der Waals surface area contributed by atoms with Gasteiger partial charge < -0.3 is 25.9 Å². The van der Waals surface area contributed by atoms with Crippen molar-refractivity contribution in [3.05, 3.63) is 60.1 Å². The maximum absolute atomic E-state index is 13.5. The molecular weight excluding hydrogens is 474 g/mol. The van der Waals surface area contributed by atoms with Gasteiger partial charge in [-0.1, -0.05) is 30.3 Å². The third kappa shape index (κ3) is 4.25. The van der Waals surface area contributed by atoms with Crippen LogP contribution in [0.25, 0.3) is 0 Å². The molecule has 184 valence electrons. The summed E-state index contributed by atoms with van der Waals surface area (Å²) in [5.41, 5.74) is 4.27. The maximum atomic E-state index is 13.5. The van der Waals surface area contributed by atoms with Crippen LogP contribution in [-0.2, 0) is 19.2 Å². The number of nitrogens with zero attached hydrogens (tertiary/aromatic N) is 2. The van der Waals surface area contributed by atoms with Gasteiger partial charge in [-0.15, -0.1) is 11.8 Å². The number of hydrogen-bond donors (Lipinski definition) is 4. The van der Waals surface area contributed by atoms with Gasteiger partial charge in [0.1, 0.15) is 12.6 Å². The van der Waals surface area contributed by atoms with E-state index in [1.165, 1.54) is 22.9 Å². The van der Waals surface area contributed by atoms with Crippen LogP contribution in [0.1, 0.15) is 37.6 Å². The minimum atomic E-state index is -1.98. The lowest BCUT2D eigenvalue weighted by atomic mass is 9.89. The van der Waals surface area contributed by atoms with Gasteiger partial charge in [0.25, 0.3) is 0 Å². The van der Waals surface area contributed by atoms with E-state index in [1.807, 2.05) is 0 Å². The SMILES string of the molecule is CC1(C)S[C@@H]2CC(=O)N2[C@@]1(NC(=O)C(NC(=O)CN=C(N)c1ccco1)c1ccccc1)C(=O)O. The molecule has 0 radical (unpaired) electrons. The Morgan fingerprint density at radius 1 is 1.26 bits per heavy atom. The van der Waals surface area contributed by atoms with E-state index in [-0.39, 0.29) is 30.1 Å². The summed E-state index contributed by atoms with van der Waals surface area (Å²) < 4.78 is 4.11. The Balaban J connectivity index is 1.59. The van der Waals surface area contributed by atoms with Crippen LogP contribution in [0.5, 0.6) is 0 Å². The molecule has 4 rings (SSSR count). The molecule has 12 heteroatoms. The lowest BCUT2D eigenvalue weighted by Crippen LogP contribution is -2.75. The zero-order valence-electron chi connectivity index (χ0n) is 19.1. The predicted molar refractivity (Wildman–Crippen MR) is 127 cm³/mol. The van der Waals surface area contributed by atoms with E-state index < -0.39 is 34.2 Å². The Kier molecular flexibility index (Phi) is 6.32. The molecular formula is C23H25N5O6S. The first kappa shape index (κ1) is 24.3. The van der Waals surface area contributed by atoms with E-state index in [4.69, 9.17) is 10.2 Å². The number of amides is 3. The molecule has 2 fully saturated rings. The van der Waals surface area contributed by atoms with Crippen molar-refractivity contribution in [2.75, 3.05) is 6.54 Å². The van der Waals surface area contributed by atoms with Gasteiger partial charge >= 0.3 is 5.97 Å². The fourth-order valence-electron chi connectivity index (χ4n) is 4.29. The number of aliphatic carboxylic acids is 1. The molecule has 2 aliphatic heterocycles. The number of aliphatic imine (C=N–C) groups is 1. The van der Waals surface area contributed by atoms with E-state index in [0.717, 1.165) is 0 Å². The van der Waals surface area contributed by atoms with Gasteiger partial charge in [0.05, 0.1) is 22.8 Å². The molecule has 2 saturated heterocycles. The highest BCUT2D eigenvalue weighted by Crippen LogP contribution is 2.55. The molecule has 3 atom stereocenters. The Morgan fingerprint density at radius 2 is 1.97 bits per heavy atom. The number of benzene rings is 1. The van der Waals surface area contributed by atoms with Crippen molar-refractivity contribution in [3.63, 3.8) is 0 Å². The number of carboxylic acid groups (broad SMARTS) is 1. The second-order valence-corrected chi connectivity index (χ2v) is 10.4. The van der Waals surface area contributed by atoms with E-state index in [9.17, 15) is 24.3 Å². The van der Waals surface area contributed by atoms with Gasteiger partial charge in [0.15, 0.2) is 11.6 Å². The minimum absolute atomic E-state index is 0.0164. The fraction of sp³-hybridized carbons (Fsp3) is 0.348. The summed E-state index contributed by atoms with van der Waals surface area (Å²) in [5.74, 6) is -2.79. The van der Waals surface area contributed by atoms with E-state index in [0.29, 0.717) is 11.3 Å². The number of carbonyl (C=O) groups excluding carboxylic acids is 3. The number of carbonyl (C=O) groups is 4. The smallest absolute Gasteiger partial charge is 0.352 e. The second-order valence-electron chi connectivity index (χ2n) is 8.65. The van der Waals surface area contributed by atoms with Crippen LogP contribution in [0.4, 0.5) is 0 Å². The molecule has 2 aromatic rings. The number of furan rings is 1. The molecule has 0 aliphatic carbocycles. The first-order chi connectivity index (χ1) is 16.6. The van der Waals surface area contributed by atoms with Gasteiger partial charge in [0.2, 0.25) is 23.4 Å². The van der Waals surface area contributed by atoms with Gasteiger partial charge in [-0.2, -0.15) is 0 Å². The van der Waals surface area contributed by atoms with Crippen molar-refractivity contribution in [3.8, 4) is 0 Å². The van der Waals surface area contributed by atoms with Crippen LogP contribution in [0.3, 0.4) is 0 Å². The van der Waals surface area contributed by atoms with Crippen LogP contribution in [0.15, 0.2) is 58.1 Å². The molecule has 0 bridgehead atoms.